The molecule has 4 heteroatoms. The van der Waals surface area contributed by atoms with Gasteiger partial charge < -0.3 is 15.3 Å². The van der Waals surface area contributed by atoms with Crippen molar-refractivity contribution in [3.63, 3.8) is 0 Å². The molecule has 4 nitrogen and oxygen atoms in total. The van der Waals surface area contributed by atoms with Crippen LogP contribution in [-0.2, 0) is 0 Å². The molecular weight excluding hydrogens is 168 g/mol. The quantitative estimate of drug-likeness (QED) is 0.670. The number of rotatable bonds is 2. The molecule has 2 fully saturated rings. The standard InChI is InChI=1S/C9H16N2O2/c12-9(13)11(7-1-2-7)8-3-5-10-6-4-8/h7-8,10H,1-6H2,(H,12,13). The number of carbonyl (C=O) groups is 1. The highest BCUT2D eigenvalue weighted by Crippen LogP contribution is 2.30. The summed E-state index contributed by atoms with van der Waals surface area (Å²) >= 11 is 0. The van der Waals surface area contributed by atoms with Crippen molar-refractivity contribution in [2.24, 2.45) is 0 Å². The zero-order chi connectivity index (χ0) is 9.26. The summed E-state index contributed by atoms with van der Waals surface area (Å²) in [6.07, 6.45) is 3.35. The molecular formula is C9H16N2O2. The van der Waals surface area contributed by atoms with Gasteiger partial charge in [0.25, 0.3) is 0 Å². The van der Waals surface area contributed by atoms with Gasteiger partial charge in [-0.3, -0.25) is 0 Å². The Morgan fingerprint density at radius 3 is 2.15 bits per heavy atom. The van der Waals surface area contributed by atoms with E-state index in [4.69, 9.17) is 5.11 Å². The van der Waals surface area contributed by atoms with E-state index in [0.29, 0.717) is 6.04 Å². The smallest absolute Gasteiger partial charge is 0.407 e. The van der Waals surface area contributed by atoms with E-state index >= 15 is 0 Å². The molecule has 0 spiro atoms. The van der Waals surface area contributed by atoms with E-state index in [1.807, 2.05) is 0 Å². The summed E-state index contributed by atoms with van der Waals surface area (Å²) in [6.45, 7) is 1.92. The monoisotopic (exact) mass is 184 g/mol. The molecule has 1 aliphatic carbocycles. The van der Waals surface area contributed by atoms with E-state index in [0.717, 1.165) is 38.8 Å². The van der Waals surface area contributed by atoms with Crippen LogP contribution in [0.3, 0.4) is 0 Å². The second-order valence-electron chi connectivity index (χ2n) is 3.90. The zero-order valence-electron chi connectivity index (χ0n) is 7.70. The van der Waals surface area contributed by atoms with Crippen LogP contribution >= 0.6 is 0 Å². The maximum absolute atomic E-state index is 11.0. The average Bonchev–Trinajstić information content (AvgIpc) is 2.90. The van der Waals surface area contributed by atoms with Crippen molar-refractivity contribution in [1.29, 1.82) is 0 Å². The third kappa shape index (κ3) is 1.94. The lowest BCUT2D eigenvalue weighted by molar-refractivity contribution is 0.109. The van der Waals surface area contributed by atoms with Crippen LogP contribution in [0.4, 0.5) is 4.79 Å². The topological polar surface area (TPSA) is 52.6 Å². The molecule has 2 N–H and O–H groups in total. The fourth-order valence-corrected chi connectivity index (χ4v) is 2.05. The maximum Gasteiger partial charge on any atom is 0.407 e. The van der Waals surface area contributed by atoms with Gasteiger partial charge in [0.05, 0.1) is 0 Å². The molecule has 2 aliphatic rings. The minimum atomic E-state index is -0.727. The lowest BCUT2D eigenvalue weighted by Gasteiger charge is -2.32. The zero-order valence-corrected chi connectivity index (χ0v) is 7.70. The normalized spacial score (nSPS) is 24.3. The Kier molecular flexibility index (Phi) is 2.40. The molecule has 0 atom stereocenters. The molecule has 13 heavy (non-hydrogen) atoms. The van der Waals surface area contributed by atoms with Crippen molar-refractivity contribution in [3.8, 4) is 0 Å². The summed E-state index contributed by atoms with van der Waals surface area (Å²) in [6, 6.07) is 0.604. The largest absolute Gasteiger partial charge is 0.465 e. The highest BCUT2D eigenvalue weighted by Gasteiger charge is 2.37. The summed E-state index contributed by atoms with van der Waals surface area (Å²) in [7, 11) is 0. The molecule has 74 valence electrons. The van der Waals surface area contributed by atoms with Crippen LogP contribution < -0.4 is 5.32 Å². The van der Waals surface area contributed by atoms with E-state index in [-0.39, 0.29) is 6.04 Å². The van der Waals surface area contributed by atoms with Crippen LogP contribution in [0.1, 0.15) is 25.7 Å². The summed E-state index contributed by atoms with van der Waals surface area (Å²) in [5.41, 5.74) is 0. The Morgan fingerprint density at radius 1 is 1.15 bits per heavy atom. The van der Waals surface area contributed by atoms with E-state index in [1.165, 1.54) is 0 Å². The number of amides is 1. The van der Waals surface area contributed by atoms with E-state index in [1.54, 1.807) is 4.90 Å². The fourth-order valence-electron chi connectivity index (χ4n) is 2.05. The van der Waals surface area contributed by atoms with Crippen LogP contribution in [0.5, 0.6) is 0 Å². The van der Waals surface area contributed by atoms with Crippen LogP contribution in [-0.4, -0.2) is 41.3 Å². The third-order valence-electron chi connectivity index (χ3n) is 2.86. The lowest BCUT2D eigenvalue weighted by atomic mass is 10.1. The number of hydrogen-bond acceptors (Lipinski definition) is 2. The molecule has 0 radical (unpaired) electrons. The predicted molar refractivity (Wildman–Crippen MR) is 48.8 cm³/mol. The van der Waals surface area contributed by atoms with Crippen molar-refractivity contribution in [3.05, 3.63) is 0 Å². The second kappa shape index (κ2) is 3.54. The van der Waals surface area contributed by atoms with Crippen LogP contribution in [0.25, 0.3) is 0 Å². The van der Waals surface area contributed by atoms with Crippen LogP contribution in [0.2, 0.25) is 0 Å². The van der Waals surface area contributed by atoms with E-state index in [9.17, 15) is 4.79 Å². The number of piperidine rings is 1. The van der Waals surface area contributed by atoms with Gasteiger partial charge in [-0.05, 0) is 38.8 Å². The second-order valence-corrected chi connectivity index (χ2v) is 3.90. The molecule has 0 aromatic rings. The van der Waals surface area contributed by atoms with Gasteiger partial charge in [0.2, 0.25) is 0 Å². The fraction of sp³-hybridized carbons (Fsp3) is 0.889. The van der Waals surface area contributed by atoms with Crippen LogP contribution in [0, 0.1) is 0 Å². The molecule has 1 saturated carbocycles. The molecule has 2 rings (SSSR count). The predicted octanol–water partition coefficient (Wildman–Crippen LogP) is 0.881. The number of nitrogens with zero attached hydrogens (tertiary/aromatic N) is 1. The van der Waals surface area contributed by atoms with Gasteiger partial charge in [-0.25, -0.2) is 4.79 Å². The van der Waals surface area contributed by atoms with Crippen molar-refractivity contribution < 1.29 is 9.90 Å². The minimum absolute atomic E-state index is 0.270. The SMILES string of the molecule is O=C(O)N(C1CCNCC1)C1CC1. The van der Waals surface area contributed by atoms with E-state index < -0.39 is 6.09 Å². The summed E-state index contributed by atoms with van der Waals surface area (Å²) in [4.78, 5) is 12.7. The Hall–Kier alpha value is -0.770. The van der Waals surface area contributed by atoms with Crippen molar-refractivity contribution in [2.45, 2.75) is 37.8 Å². The molecule has 1 saturated heterocycles. The molecule has 0 aromatic heterocycles. The van der Waals surface area contributed by atoms with Gasteiger partial charge >= 0.3 is 6.09 Å². The van der Waals surface area contributed by atoms with Crippen molar-refractivity contribution >= 4 is 6.09 Å². The lowest BCUT2D eigenvalue weighted by Crippen LogP contribution is -2.46. The van der Waals surface area contributed by atoms with Gasteiger partial charge in [-0.1, -0.05) is 0 Å². The molecule has 1 heterocycles. The molecule has 0 aromatic carbocycles. The Labute approximate surface area is 77.9 Å². The summed E-state index contributed by atoms with van der Waals surface area (Å²) < 4.78 is 0. The number of nitrogens with one attached hydrogen (secondary N) is 1. The maximum atomic E-state index is 11.0. The number of hydrogen-bond donors (Lipinski definition) is 2. The third-order valence-corrected chi connectivity index (χ3v) is 2.86. The first kappa shape index (κ1) is 8.81. The van der Waals surface area contributed by atoms with Gasteiger partial charge in [-0.2, -0.15) is 0 Å². The Balaban J connectivity index is 1.96. The van der Waals surface area contributed by atoms with E-state index in [2.05, 4.69) is 5.32 Å². The van der Waals surface area contributed by atoms with Gasteiger partial charge in [0.15, 0.2) is 0 Å². The first-order chi connectivity index (χ1) is 6.29. The minimum Gasteiger partial charge on any atom is -0.465 e. The Morgan fingerprint density at radius 2 is 1.69 bits per heavy atom. The van der Waals surface area contributed by atoms with Crippen molar-refractivity contribution in [1.82, 2.24) is 10.2 Å². The number of carboxylic acid groups (broad SMARTS) is 1. The molecule has 1 aliphatic heterocycles. The summed E-state index contributed by atoms with van der Waals surface area (Å²) in [5, 5.41) is 12.3. The first-order valence-electron chi connectivity index (χ1n) is 5.01. The molecule has 0 bridgehead atoms. The molecule has 1 amide bonds. The Bertz CT molecular complexity index is 198. The van der Waals surface area contributed by atoms with Crippen molar-refractivity contribution in [2.75, 3.05) is 13.1 Å². The average molecular weight is 184 g/mol. The van der Waals surface area contributed by atoms with Gasteiger partial charge in [-0.15, -0.1) is 0 Å². The highest BCUT2D eigenvalue weighted by atomic mass is 16.4. The van der Waals surface area contributed by atoms with Crippen LogP contribution in [0.15, 0.2) is 0 Å². The van der Waals surface area contributed by atoms with Gasteiger partial charge in [0.1, 0.15) is 0 Å². The first-order valence-corrected chi connectivity index (χ1v) is 5.01. The highest BCUT2D eigenvalue weighted by molar-refractivity contribution is 5.66. The molecule has 0 unspecified atom stereocenters. The summed E-state index contributed by atoms with van der Waals surface area (Å²) in [5.74, 6) is 0. The van der Waals surface area contributed by atoms with Gasteiger partial charge in [0, 0.05) is 12.1 Å².